The second kappa shape index (κ2) is 9.23. The predicted molar refractivity (Wildman–Crippen MR) is 100 cm³/mol. The Morgan fingerprint density at radius 2 is 1.83 bits per heavy atom. The molecule has 0 spiro atoms. The molecule has 0 unspecified atom stereocenters. The van der Waals surface area contributed by atoms with Crippen LogP contribution in [-0.4, -0.2) is 36.8 Å². The van der Waals surface area contributed by atoms with Crippen molar-refractivity contribution in [3.05, 3.63) is 42.0 Å². The molecule has 2 aromatic rings. The van der Waals surface area contributed by atoms with E-state index in [0.29, 0.717) is 6.42 Å². The van der Waals surface area contributed by atoms with Gasteiger partial charge in [0, 0.05) is 12.2 Å². The summed E-state index contributed by atoms with van der Waals surface area (Å²) in [5.74, 6) is 2.47. The summed E-state index contributed by atoms with van der Waals surface area (Å²) >= 11 is 1.74. The molecule has 2 aromatic carbocycles. The third-order valence-corrected chi connectivity index (χ3v) is 4.58. The van der Waals surface area contributed by atoms with Crippen molar-refractivity contribution in [3.63, 3.8) is 0 Å². The number of aliphatic carboxylic acids is 1. The number of carbonyl (C=O) groups is 1. The molecule has 0 saturated heterocycles. The van der Waals surface area contributed by atoms with Crippen LogP contribution in [0.5, 0.6) is 11.5 Å². The number of carboxylic acids is 1. The molecular formula is C19H22O4S. The summed E-state index contributed by atoms with van der Waals surface area (Å²) in [6, 6.07) is 10.2. The van der Waals surface area contributed by atoms with Gasteiger partial charge in [0.05, 0.1) is 14.2 Å². The molecule has 0 radical (unpaired) electrons. The van der Waals surface area contributed by atoms with E-state index in [0.717, 1.165) is 39.3 Å². The Kier molecular flexibility index (Phi) is 7.00. The van der Waals surface area contributed by atoms with Crippen LogP contribution in [0.3, 0.4) is 0 Å². The van der Waals surface area contributed by atoms with Crippen molar-refractivity contribution < 1.29 is 19.4 Å². The van der Waals surface area contributed by atoms with Gasteiger partial charge in [0.15, 0.2) is 11.5 Å². The molecule has 5 heteroatoms. The summed E-state index contributed by atoms with van der Waals surface area (Å²) in [6.07, 6.45) is 5.14. The van der Waals surface area contributed by atoms with Crippen molar-refractivity contribution in [2.24, 2.45) is 0 Å². The summed E-state index contributed by atoms with van der Waals surface area (Å²) in [7, 11) is 3.27. The molecule has 0 aromatic heterocycles. The van der Waals surface area contributed by atoms with Crippen LogP contribution in [-0.2, 0) is 4.79 Å². The van der Waals surface area contributed by atoms with Crippen molar-refractivity contribution in [2.75, 3.05) is 25.7 Å². The molecule has 0 fully saturated rings. The van der Waals surface area contributed by atoms with Gasteiger partial charge in [0.1, 0.15) is 0 Å². The Morgan fingerprint density at radius 1 is 1.12 bits per heavy atom. The van der Waals surface area contributed by atoms with Crippen LogP contribution in [0.25, 0.3) is 16.8 Å². The number of thioether (sulfide) groups is 1. The number of rotatable bonds is 9. The Labute approximate surface area is 146 Å². The van der Waals surface area contributed by atoms with Crippen molar-refractivity contribution in [2.45, 2.75) is 12.8 Å². The highest BCUT2D eigenvalue weighted by Crippen LogP contribution is 2.32. The minimum absolute atomic E-state index is 0.243. The smallest absolute Gasteiger partial charge is 0.303 e. The number of hydrogen-bond donors (Lipinski definition) is 1. The van der Waals surface area contributed by atoms with Crippen LogP contribution in [0.4, 0.5) is 0 Å². The summed E-state index contributed by atoms with van der Waals surface area (Å²) in [4.78, 5) is 10.4. The number of methoxy groups -OCH3 is 2. The van der Waals surface area contributed by atoms with Crippen LogP contribution in [0.15, 0.2) is 36.4 Å². The highest BCUT2D eigenvalue weighted by molar-refractivity contribution is 7.99. The minimum atomic E-state index is -0.727. The lowest BCUT2D eigenvalue weighted by Crippen LogP contribution is -1.94. The lowest BCUT2D eigenvalue weighted by molar-refractivity contribution is -0.137. The average Bonchev–Trinajstić information content (AvgIpc) is 2.59. The molecular weight excluding hydrogens is 324 g/mol. The molecule has 0 aliphatic heterocycles. The van der Waals surface area contributed by atoms with Gasteiger partial charge in [-0.05, 0) is 46.7 Å². The third kappa shape index (κ3) is 5.20. The van der Waals surface area contributed by atoms with Crippen LogP contribution in [0.1, 0.15) is 18.4 Å². The largest absolute Gasteiger partial charge is 0.493 e. The highest BCUT2D eigenvalue weighted by Gasteiger charge is 2.05. The zero-order valence-electron chi connectivity index (χ0n) is 14.0. The van der Waals surface area contributed by atoms with Gasteiger partial charge in [-0.15, -0.1) is 0 Å². The van der Waals surface area contributed by atoms with E-state index in [4.69, 9.17) is 14.6 Å². The molecule has 0 aliphatic carbocycles. The second-order valence-corrected chi connectivity index (χ2v) is 6.44. The SMILES string of the molecule is COc1cc2ccc(/C=C/CSCCCC(=O)O)cc2cc1OC. The fraction of sp³-hybridized carbons (Fsp3) is 0.316. The first kappa shape index (κ1) is 18.2. The van der Waals surface area contributed by atoms with Gasteiger partial charge >= 0.3 is 5.97 Å². The molecule has 24 heavy (non-hydrogen) atoms. The topological polar surface area (TPSA) is 55.8 Å². The van der Waals surface area contributed by atoms with E-state index >= 15 is 0 Å². The first-order chi connectivity index (χ1) is 11.6. The molecule has 4 nitrogen and oxygen atoms in total. The second-order valence-electron chi connectivity index (χ2n) is 5.29. The summed E-state index contributed by atoms with van der Waals surface area (Å²) in [5.41, 5.74) is 1.13. The maximum Gasteiger partial charge on any atom is 0.303 e. The van der Waals surface area contributed by atoms with Crippen LogP contribution < -0.4 is 9.47 Å². The summed E-state index contributed by atoms with van der Waals surface area (Å²) in [6.45, 7) is 0. The van der Waals surface area contributed by atoms with Crippen LogP contribution in [0, 0.1) is 0 Å². The van der Waals surface area contributed by atoms with Gasteiger partial charge in [-0.2, -0.15) is 11.8 Å². The predicted octanol–water partition coefficient (Wildman–Crippen LogP) is 4.47. The number of carboxylic acid groups (broad SMARTS) is 1. The average molecular weight is 346 g/mol. The van der Waals surface area contributed by atoms with E-state index < -0.39 is 5.97 Å². The third-order valence-electron chi connectivity index (χ3n) is 3.57. The standard InChI is InChI=1S/C19H22O4S/c1-22-17-12-15-8-7-14(11-16(15)13-18(17)23-2)5-3-9-24-10-4-6-19(20)21/h3,5,7-8,11-13H,4,6,9-10H2,1-2H3,(H,20,21)/b5-3+. The number of ether oxygens (including phenoxy) is 2. The van der Waals surface area contributed by atoms with E-state index in [1.807, 2.05) is 12.1 Å². The van der Waals surface area contributed by atoms with Crippen LogP contribution in [0.2, 0.25) is 0 Å². The number of fused-ring (bicyclic) bond motifs is 1. The van der Waals surface area contributed by atoms with Gasteiger partial charge in [-0.3, -0.25) is 4.79 Å². The van der Waals surface area contributed by atoms with E-state index in [1.165, 1.54) is 0 Å². The fourth-order valence-electron chi connectivity index (χ4n) is 2.36. The zero-order chi connectivity index (χ0) is 17.4. The molecule has 128 valence electrons. The lowest BCUT2D eigenvalue weighted by atomic mass is 10.1. The van der Waals surface area contributed by atoms with Gasteiger partial charge in [-0.25, -0.2) is 0 Å². The van der Waals surface area contributed by atoms with E-state index in [-0.39, 0.29) is 6.42 Å². The van der Waals surface area contributed by atoms with Crippen molar-refractivity contribution >= 4 is 34.6 Å². The van der Waals surface area contributed by atoms with Gasteiger partial charge < -0.3 is 14.6 Å². The molecule has 0 heterocycles. The summed E-state index contributed by atoms with van der Waals surface area (Å²) in [5, 5.41) is 10.8. The molecule has 0 atom stereocenters. The van der Waals surface area contributed by atoms with Crippen LogP contribution >= 0.6 is 11.8 Å². The van der Waals surface area contributed by atoms with E-state index in [1.54, 1.807) is 26.0 Å². The monoisotopic (exact) mass is 346 g/mol. The van der Waals surface area contributed by atoms with Gasteiger partial charge in [0.2, 0.25) is 0 Å². The molecule has 0 aliphatic rings. The number of hydrogen-bond acceptors (Lipinski definition) is 4. The number of benzene rings is 2. The maximum atomic E-state index is 10.4. The van der Waals surface area contributed by atoms with Crippen molar-refractivity contribution in [1.82, 2.24) is 0 Å². The fourth-order valence-corrected chi connectivity index (χ4v) is 3.11. The van der Waals surface area contributed by atoms with E-state index in [9.17, 15) is 4.79 Å². The normalized spacial score (nSPS) is 11.1. The van der Waals surface area contributed by atoms with Gasteiger partial charge in [0.25, 0.3) is 0 Å². The molecule has 1 N–H and O–H groups in total. The Morgan fingerprint density at radius 3 is 2.50 bits per heavy atom. The maximum absolute atomic E-state index is 10.4. The van der Waals surface area contributed by atoms with Gasteiger partial charge in [-0.1, -0.05) is 24.3 Å². The Hall–Kier alpha value is -2.14. The molecule has 0 bridgehead atoms. The van der Waals surface area contributed by atoms with Crippen molar-refractivity contribution in [1.29, 1.82) is 0 Å². The molecule has 0 saturated carbocycles. The Balaban J connectivity index is 1.97. The molecule has 2 rings (SSSR count). The van der Waals surface area contributed by atoms with E-state index in [2.05, 4.69) is 30.4 Å². The lowest BCUT2D eigenvalue weighted by Gasteiger charge is -2.09. The van der Waals surface area contributed by atoms with Crippen molar-refractivity contribution in [3.8, 4) is 11.5 Å². The minimum Gasteiger partial charge on any atom is -0.493 e. The first-order valence-electron chi connectivity index (χ1n) is 7.76. The summed E-state index contributed by atoms with van der Waals surface area (Å²) < 4.78 is 10.7. The quantitative estimate of drug-likeness (QED) is 0.679. The zero-order valence-corrected chi connectivity index (χ0v) is 14.8. The highest BCUT2D eigenvalue weighted by atomic mass is 32.2. The Bertz CT molecular complexity index is 725. The first-order valence-corrected chi connectivity index (χ1v) is 8.91. The molecule has 0 amide bonds.